The van der Waals surface area contributed by atoms with E-state index in [9.17, 15) is 23.1 Å². The Morgan fingerprint density at radius 3 is 2.33 bits per heavy atom. The highest BCUT2D eigenvalue weighted by atomic mass is 19.4. The zero-order chi connectivity index (χ0) is 18.1. The first kappa shape index (κ1) is 18.8. The molecule has 0 radical (unpaired) electrons. The van der Waals surface area contributed by atoms with Crippen LogP contribution in [0, 0.1) is 6.92 Å². The van der Waals surface area contributed by atoms with E-state index in [-0.39, 0.29) is 5.76 Å². The summed E-state index contributed by atoms with van der Waals surface area (Å²) in [6.07, 6.45) is -4.68. The van der Waals surface area contributed by atoms with Crippen LogP contribution in [0.5, 0.6) is 0 Å². The molecule has 1 aliphatic heterocycles. The number of piperidine rings is 1. The van der Waals surface area contributed by atoms with Crippen molar-refractivity contribution in [1.82, 2.24) is 9.80 Å². The molecule has 8 heteroatoms. The zero-order valence-electron chi connectivity index (χ0n) is 14.1. The number of halogens is 3. The minimum Gasteiger partial charge on any atom is -0.463 e. The molecule has 2 heterocycles. The summed E-state index contributed by atoms with van der Waals surface area (Å²) in [4.78, 5) is 15.8. The van der Waals surface area contributed by atoms with E-state index in [0.29, 0.717) is 32.0 Å². The fourth-order valence-corrected chi connectivity index (χ4v) is 2.95. The van der Waals surface area contributed by atoms with Gasteiger partial charge in [0.15, 0.2) is 0 Å². The van der Waals surface area contributed by atoms with Crippen molar-refractivity contribution in [1.29, 1.82) is 0 Å². The van der Waals surface area contributed by atoms with E-state index in [1.54, 1.807) is 0 Å². The van der Waals surface area contributed by atoms with Crippen LogP contribution in [0.2, 0.25) is 0 Å². The van der Waals surface area contributed by atoms with Gasteiger partial charge in [-0.25, -0.2) is 0 Å². The number of hydrogen-bond acceptors (Lipinski definition) is 4. The molecule has 5 nitrogen and oxygen atoms in total. The van der Waals surface area contributed by atoms with Gasteiger partial charge in [0.2, 0.25) is 11.5 Å². The van der Waals surface area contributed by atoms with Gasteiger partial charge in [-0.05, 0) is 46.0 Å². The van der Waals surface area contributed by atoms with E-state index < -0.39 is 29.9 Å². The first-order chi connectivity index (χ1) is 11.0. The van der Waals surface area contributed by atoms with Crippen molar-refractivity contribution in [2.45, 2.75) is 44.0 Å². The van der Waals surface area contributed by atoms with Gasteiger partial charge in [0, 0.05) is 19.1 Å². The minimum absolute atomic E-state index is 0.243. The van der Waals surface area contributed by atoms with E-state index in [4.69, 9.17) is 4.42 Å². The van der Waals surface area contributed by atoms with Crippen LogP contribution in [0.15, 0.2) is 16.5 Å². The molecule has 1 unspecified atom stereocenters. The van der Waals surface area contributed by atoms with Gasteiger partial charge in [0.25, 0.3) is 0 Å². The summed E-state index contributed by atoms with van der Waals surface area (Å²) < 4.78 is 45.2. The molecule has 2 rings (SSSR count). The van der Waals surface area contributed by atoms with Crippen molar-refractivity contribution in [2.75, 3.05) is 27.2 Å². The number of aryl methyl sites for hydroxylation is 1. The number of likely N-dealkylation sites (tertiary alicyclic amines) is 1. The quantitative estimate of drug-likeness (QED) is 0.907. The van der Waals surface area contributed by atoms with Gasteiger partial charge in [-0.3, -0.25) is 4.79 Å². The Hall–Kier alpha value is -1.54. The summed E-state index contributed by atoms with van der Waals surface area (Å²) in [6.45, 7) is 2.24. The van der Waals surface area contributed by atoms with Gasteiger partial charge in [0.1, 0.15) is 11.5 Å². The first-order valence-corrected chi connectivity index (χ1v) is 7.85. The van der Waals surface area contributed by atoms with Crippen LogP contribution in [-0.4, -0.2) is 60.2 Å². The third-order valence-corrected chi connectivity index (χ3v) is 4.57. The van der Waals surface area contributed by atoms with Crippen molar-refractivity contribution in [3.05, 3.63) is 23.7 Å². The topological polar surface area (TPSA) is 56.9 Å². The average Bonchev–Trinajstić information content (AvgIpc) is 2.93. The smallest absolute Gasteiger partial charge is 0.425 e. The fourth-order valence-electron chi connectivity index (χ4n) is 2.95. The Morgan fingerprint density at radius 1 is 1.33 bits per heavy atom. The number of furan rings is 1. The lowest BCUT2D eigenvalue weighted by Crippen LogP contribution is -2.49. The normalized spacial score (nSPS) is 19.6. The Kier molecular flexibility index (Phi) is 5.29. The van der Waals surface area contributed by atoms with Gasteiger partial charge >= 0.3 is 6.18 Å². The SMILES string of the molecule is Cc1ccc(C(O)(CC(=O)N2CCC(N(C)C)CC2)C(F)(F)F)o1. The number of aliphatic hydroxyl groups is 1. The summed E-state index contributed by atoms with van der Waals surface area (Å²) in [6, 6.07) is 2.70. The van der Waals surface area contributed by atoms with Crippen LogP contribution in [0.4, 0.5) is 13.2 Å². The maximum absolute atomic E-state index is 13.4. The highest BCUT2D eigenvalue weighted by Gasteiger charge is 2.58. The molecule has 0 spiro atoms. The Bertz CT molecular complexity index is 577. The van der Waals surface area contributed by atoms with Crippen molar-refractivity contribution in [3.8, 4) is 0 Å². The molecule has 1 aromatic rings. The lowest BCUT2D eigenvalue weighted by molar-refractivity contribution is -0.274. The number of alkyl halides is 3. The number of nitrogens with zero attached hydrogens (tertiary/aromatic N) is 2. The molecule has 1 saturated heterocycles. The molecular weight excluding hydrogens is 325 g/mol. The first-order valence-electron chi connectivity index (χ1n) is 7.85. The summed E-state index contributed by atoms with van der Waals surface area (Å²) in [5.41, 5.74) is -3.31. The van der Waals surface area contributed by atoms with E-state index >= 15 is 0 Å². The number of amides is 1. The molecule has 24 heavy (non-hydrogen) atoms. The van der Waals surface area contributed by atoms with Crippen LogP contribution in [0.3, 0.4) is 0 Å². The molecule has 0 bridgehead atoms. The van der Waals surface area contributed by atoms with E-state index in [1.807, 2.05) is 19.0 Å². The van der Waals surface area contributed by atoms with Gasteiger partial charge in [-0.1, -0.05) is 0 Å². The molecule has 0 saturated carbocycles. The Labute approximate surface area is 139 Å². The van der Waals surface area contributed by atoms with E-state index in [0.717, 1.165) is 6.07 Å². The predicted octanol–water partition coefficient (Wildman–Crippen LogP) is 2.28. The van der Waals surface area contributed by atoms with Gasteiger partial charge in [-0.2, -0.15) is 13.2 Å². The van der Waals surface area contributed by atoms with Gasteiger partial charge < -0.3 is 19.3 Å². The minimum atomic E-state index is -5.01. The molecule has 1 atom stereocenters. The lowest BCUT2D eigenvalue weighted by Gasteiger charge is -2.37. The van der Waals surface area contributed by atoms with Crippen LogP contribution >= 0.6 is 0 Å². The van der Waals surface area contributed by atoms with Crippen LogP contribution < -0.4 is 0 Å². The lowest BCUT2D eigenvalue weighted by atomic mass is 9.94. The molecule has 0 aliphatic carbocycles. The molecule has 1 aliphatic rings. The molecule has 1 amide bonds. The highest BCUT2D eigenvalue weighted by Crippen LogP contribution is 2.42. The number of carbonyl (C=O) groups excluding carboxylic acids is 1. The monoisotopic (exact) mass is 348 g/mol. The number of carbonyl (C=O) groups is 1. The molecule has 0 aromatic carbocycles. The second-order valence-electron chi connectivity index (χ2n) is 6.52. The molecule has 1 N–H and O–H groups in total. The van der Waals surface area contributed by atoms with Gasteiger partial charge in [0.05, 0.1) is 6.42 Å². The summed E-state index contributed by atoms with van der Waals surface area (Å²) in [5, 5.41) is 10.2. The maximum atomic E-state index is 13.4. The molecular formula is C16H23F3N2O3. The zero-order valence-corrected chi connectivity index (χ0v) is 14.1. The molecule has 136 valence electrons. The average molecular weight is 348 g/mol. The second kappa shape index (κ2) is 6.76. The number of hydrogen-bond donors (Lipinski definition) is 1. The number of rotatable bonds is 4. The molecule has 1 fully saturated rings. The summed E-state index contributed by atoms with van der Waals surface area (Å²) >= 11 is 0. The maximum Gasteiger partial charge on any atom is 0.425 e. The third kappa shape index (κ3) is 3.75. The Balaban J connectivity index is 2.12. The van der Waals surface area contributed by atoms with Gasteiger partial charge in [-0.15, -0.1) is 0 Å². The standard InChI is InChI=1S/C16H23F3N2O3/c1-11-4-5-13(24-11)15(23,16(17,18)19)10-14(22)21-8-6-12(7-9-21)20(2)3/h4-5,12,23H,6-10H2,1-3H3. The van der Waals surface area contributed by atoms with E-state index in [2.05, 4.69) is 0 Å². The predicted molar refractivity (Wildman–Crippen MR) is 81.3 cm³/mol. The van der Waals surface area contributed by atoms with E-state index in [1.165, 1.54) is 17.9 Å². The third-order valence-electron chi connectivity index (χ3n) is 4.57. The van der Waals surface area contributed by atoms with Crippen molar-refractivity contribution >= 4 is 5.91 Å². The summed E-state index contributed by atoms with van der Waals surface area (Å²) in [5.74, 6) is -1.13. The fraction of sp³-hybridized carbons (Fsp3) is 0.688. The Morgan fingerprint density at radius 2 is 1.92 bits per heavy atom. The van der Waals surface area contributed by atoms with Crippen molar-refractivity contribution < 1.29 is 27.5 Å². The molecule has 1 aromatic heterocycles. The highest BCUT2D eigenvalue weighted by molar-refractivity contribution is 5.77. The second-order valence-corrected chi connectivity index (χ2v) is 6.52. The van der Waals surface area contributed by atoms with Crippen LogP contribution in [-0.2, 0) is 10.4 Å². The van der Waals surface area contributed by atoms with Crippen LogP contribution in [0.1, 0.15) is 30.8 Å². The largest absolute Gasteiger partial charge is 0.463 e. The van der Waals surface area contributed by atoms with Crippen molar-refractivity contribution in [3.63, 3.8) is 0 Å². The summed E-state index contributed by atoms with van der Waals surface area (Å²) in [7, 11) is 3.87. The van der Waals surface area contributed by atoms with Crippen molar-refractivity contribution in [2.24, 2.45) is 0 Å². The van der Waals surface area contributed by atoms with Crippen LogP contribution in [0.25, 0.3) is 0 Å².